The van der Waals surface area contributed by atoms with Crippen molar-refractivity contribution in [2.75, 3.05) is 11.9 Å². The summed E-state index contributed by atoms with van der Waals surface area (Å²) < 4.78 is 0. The smallest absolute Gasteiger partial charge is 0.251 e. The highest BCUT2D eigenvalue weighted by atomic mass is 16.3. The molecule has 0 aromatic heterocycles. The van der Waals surface area contributed by atoms with Crippen molar-refractivity contribution in [3.05, 3.63) is 65.2 Å². The van der Waals surface area contributed by atoms with Gasteiger partial charge in [0.1, 0.15) is 11.5 Å². The molecule has 0 saturated carbocycles. The molecule has 0 fully saturated rings. The lowest BCUT2D eigenvalue weighted by Crippen LogP contribution is -2.30. The number of fused-ring (bicyclic) bond motifs is 3. The molecule has 1 amide bonds. The predicted octanol–water partition coefficient (Wildman–Crippen LogP) is 4.45. The van der Waals surface area contributed by atoms with E-state index >= 15 is 0 Å². The van der Waals surface area contributed by atoms with Crippen LogP contribution in [0, 0.1) is 5.92 Å². The molecule has 1 heterocycles. The van der Waals surface area contributed by atoms with Crippen molar-refractivity contribution in [1.82, 2.24) is 5.32 Å². The number of phenolic OH excluding ortho intramolecular Hbond substituents is 2. The number of allylic oxidation sites excluding steroid dienone is 2. The Balaban J connectivity index is 1.64. The van der Waals surface area contributed by atoms with Gasteiger partial charge in [0.2, 0.25) is 0 Å². The first-order valence-corrected chi connectivity index (χ1v) is 9.95. The number of phenols is 2. The maximum absolute atomic E-state index is 12.5. The monoisotopic (exact) mass is 378 g/mol. The molecule has 4 N–H and O–H groups in total. The van der Waals surface area contributed by atoms with Crippen LogP contribution < -0.4 is 10.6 Å². The lowest BCUT2D eigenvalue weighted by atomic mass is 9.76. The van der Waals surface area contributed by atoms with Gasteiger partial charge in [-0.1, -0.05) is 25.5 Å². The van der Waals surface area contributed by atoms with E-state index in [1.54, 1.807) is 12.1 Å². The Kier molecular flexibility index (Phi) is 4.99. The van der Waals surface area contributed by atoms with Crippen molar-refractivity contribution >= 4 is 11.6 Å². The van der Waals surface area contributed by atoms with Crippen LogP contribution in [0.3, 0.4) is 0 Å². The third kappa shape index (κ3) is 3.33. The SMILES string of the molecule is CCCCNC(=O)c1ccc2c(c1)C1C=CCC1C(c1ccc(O)cc1O)N2. The molecule has 28 heavy (non-hydrogen) atoms. The lowest BCUT2D eigenvalue weighted by Gasteiger charge is -2.38. The Bertz CT molecular complexity index is 922. The summed E-state index contributed by atoms with van der Waals surface area (Å²) in [5.74, 6) is 0.558. The molecule has 2 aliphatic rings. The second kappa shape index (κ2) is 7.58. The van der Waals surface area contributed by atoms with Crippen LogP contribution in [0.25, 0.3) is 0 Å². The molecule has 2 aromatic carbocycles. The van der Waals surface area contributed by atoms with Gasteiger partial charge in [-0.15, -0.1) is 0 Å². The average Bonchev–Trinajstić information content (AvgIpc) is 3.17. The maximum Gasteiger partial charge on any atom is 0.251 e. The van der Waals surface area contributed by atoms with Gasteiger partial charge in [-0.25, -0.2) is 0 Å². The minimum atomic E-state index is -0.0580. The Labute approximate surface area is 165 Å². The largest absolute Gasteiger partial charge is 0.508 e. The molecule has 1 aliphatic carbocycles. The van der Waals surface area contributed by atoms with Gasteiger partial charge < -0.3 is 20.8 Å². The normalized spacial score (nSPS) is 22.2. The van der Waals surface area contributed by atoms with E-state index in [1.807, 2.05) is 18.2 Å². The van der Waals surface area contributed by atoms with Crippen molar-refractivity contribution in [2.45, 2.75) is 38.1 Å². The topological polar surface area (TPSA) is 81.6 Å². The first-order valence-electron chi connectivity index (χ1n) is 9.95. The summed E-state index contributed by atoms with van der Waals surface area (Å²) in [4.78, 5) is 12.5. The van der Waals surface area contributed by atoms with Crippen molar-refractivity contribution in [1.29, 1.82) is 0 Å². The van der Waals surface area contributed by atoms with E-state index in [2.05, 4.69) is 29.7 Å². The van der Waals surface area contributed by atoms with Crippen LogP contribution in [0.2, 0.25) is 0 Å². The number of carbonyl (C=O) groups is 1. The predicted molar refractivity (Wildman–Crippen MR) is 110 cm³/mol. The van der Waals surface area contributed by atoms with Gasteiger partial charge in [0.05, 0.1) is 6.04 Å². The second-order valence-electron chi connectivity index (χ2n) is 7.63. The molecule has 0 radical (unpaired) electrons. The van der Waals surface area contributed by atoms with Crippen LogP contribution in [0.4, 0.5) is 5.69 Å². The molecule has 0 saturated heterocycles. The van der Waals surface area contributed by atoms with Crippen LogP contribution >= 0.6 is 0 Å². The van der Waals surface area contributed by atoms with E-state index in [-0.39, 0.29) is 35.3 Å². The van der Waals surface area contributed by atoms with Crippen LogP contribution in [-0.2, 0) is 0 Å². The third-order valence-electron chi connectivity index (χ3n) is 5.79. The third-order valence-corrected chi connectivity index (χ3v) is 5.79. The summed E-state index contributed by atoms with van der Waals surface area (Å²) in [6.07, 6.45) is 7.30. The molecule has 4 rings (SSSR count). The Morgan fingerprint density at radius 2 is 2.04 bits per heavy atom. The van der Waals surface area contributed by atoms with Gasteiger partial charge >= 0.3 is 0 Å². The van der Waals surface area contributed by atoms with Crippen LogP contribution in [0.5, 0.6) is 11.5 Å². The minimum Gasteiger partial charge on any atom is -0.508 e. The number of rotatable bonds is 5. The zero-order chi connectivity index (χ0) is 19.7. The Hall–Kier alpha value is -2.95. The van der Waals surface area contributed by atoms with Crippen LogP contribution in [0.1, 0.15) is 59.6 Å². The quantitative estimate of drug-likeness (QED) is 0.458. The number of nitrogens with one attached hydrogen (secondary N) is 2. The zero-order valence-corrected chi connectivity index (χ0v) is 16.0. The fourth-order valence-electron chi connectivity index (χ4n) is 4.32. The number of anilines is 1. The number of benzene rings is 2. The van der Waals surface area contributed by atoms with Crippen molar-refractivity contribution in [2.24, 2.45) is 5.92 Å². The van der Waals surface area contributed by atoms with E-state index in [4.69, 9.17) is 0 Å². The molecular formula is C23H26N2O3. The summed E-state index contributed by atoms with van der Waals surface area (Å²) >= 11 is 0. The van der Waals surface area contributed by atoms with Gasteiger partial charge in [0.25, 0.3) is 5.91 Å². The summed E-state index contributed by atoms with van der Waals surface area (Å²) in [6.45, 7) is 2.80. The number of hydrogen-bond donors (Lipinski definition) is 4. The number of unbranched alkanes of at least 4 members (excludes halogenated alkanes) is 1. The lowest BCUT2D eigenvalue weighted by molar-refractivity contribution is 0.0953. The van der Waals surface area contributed by atoms with Crippen molar-refractivity contribution in [3.63, 3.8) is 0 Å². The fraction of sp³-hybridized carbons (Fsp3) is 0.348. The molecule has 5 nitrogen and oxygen atoms in total. The first kappa shape index (κ1) is 18.4. The van der Waals surface area contributed by atoms with Crippen LogP contribution in [0.15, 0.2) is 48.6 Å². The first-order chi connectivity index (χ1) is 13.6. The van der Waals surface area contributed by atoms with E-state index in [0.29, 0.717) is 12.1 Å². The molecular weight excluding hydrogens is 352 g/mol. The van der Waals surface area contributed by atoms with Gasteiger partial charge in [0, 0.05) is 35.3 Å². The number of hydrogen-bond acceptors (Lipinski definition) is 4. The average molecular weight is 378 g/mol. The molecule has 3 atom stereocenters. The van der Waals surface area contributed by atoms with Crippen molar-refractivity contribution < 1.29 is 15.0 Å². The van der Waals surface area contributed by atoms with E-state index < -0.39 is 0 Å². The highest BCUT2D eigenvalue weighted by Crippen LogP contribution is 2.51. The Morgan fingerprint density at radius 1 is 1.18 bits per heavy atom. The van der Waals surface area contributed by atoms with Gasteiger partial charge in [-0.05, 0) is 54.7 Å². The Morgan fingerprint density at radius 3 is 2.82 bits per heavy atom. The molecule has 1 aliphatic heterocycles. The maximum atomic E-state index is 12.5. The fourth-order valence-corrected chi connectivity index (χ4v) is 4.32. The van der Waals surface area contributed by atoms with Gasteiger partial charge in [0.15, 0.2) is 0 Å². The number of carbonyl (C=O) groups excluding carboxylic acids is 1. The summed E-state index contributed by atoms with van der Waals surface area (Å²) in [5.41, 5.74) is 3.57. The molecule has 2 aromatic rings. The molecule has 0 spiro atoms. The summed E-state index contributed by atoms with van der Waals surface area (Å²) in [6, 6.07) is 10.5. The van der Waals surface area contributed by atoms with Gasteiger partial charge in [-0.3, -0.25) is 4.79 Å². The van der Waals surface area contributed by atoms with Crippen molar-refractivity contribution in [3.8, 4) is 11.5 Å². The number of aromatic hydroxyl groups is 2. The minimum absolute atomic E-state index is 0.0342. The van der Waals surface area contributed by atoms with E-state index in [9.17, 15) is 15.0 Å². The molecule has 0 bridgehead atoms. The highest BCUT2D eigenvalue weighted by molar-refractivity contribution is 5.95. The standard InChI is InChI=1S/C23H26N2O3/c1-2-3-11-24-23(28)14-7-10-20-19(12-14)16-5-4-6-17(16)22(25-20)18-9-8-15(26)13-21(18)27/h4-5,7-10,12-13,16-17,22,25-27H,2-3,6,11H2,1H3,(H,24,28). The summed E-state index contributed by atoms with van der Waals surface area (Å²) in [5, 5.41) is 26.5. The van der Waals surface area contributed by atoms with Gasteiger partial charge in [-0.2, -0.15) is 0 Å². The van der Waals surface area contributed by atoms with E-state index in [1.165, 1.54) is 6.07 Å². The molecule has 3 unspecified atom stereocenters. The second-order valence-corrected chi connectivity index (χ2v) is 7.63. The molecule has 5 heteroatoms. The summed E-state index contributed by atoms with van der Waals surface area (Å²) in [7, 11) is 0. The highest BCUT2D eigenvalue weighted by Gasteiger charge is 2.39. The van der Waals surface area contributed by atoms with E-state index in [0.717, 1.165) is 36.1 Å². The zero-order valence-electron chi connectivity index (χ0n) is 16.0. The molecule has 146 valence electrons. The number of amides is 1. The van der Waals surface area contributed by atoms with Crippen LogP contribution in [-0.4, -0.2) is 22.7 Å².